The number of oxime groups is 1. The van der Waals surface area contributed by atoms with Gasteiger partial charge in [0.25, 0.3) is 0 Å². The number of hydrogen-bond acceptors (Lipinski definition) is 3. The molecule has 0 aliphatic heterocycles. The normalized spacial score (nSPS) is 21.8. The van der Waals surface area contributed by atoms with Gasteiger partial charge in [0.15, 0.2) is 0 Å². The Hall–Kier alpha value is -1.58. The fourth-order valence-electron chi connectivity index (χ4n) is 2.85. The molecule has 0 aromatic rings. The van der Waals surface area contributed by atoms with E-state index in [0.29, 0.717) is 0 Å². The number of aliphatic carboxylic acids is 1. The van der Waals surface area contributed by atoms with Crippen molar-refractivity contribution in [2.24, 2.45) is 5.16 Å². The van der Waals surface area contributed by atoms with Crippen molar-refractivity contribution in [1.29, 1.82) is 0 Å². The molecule has 0 saturated carbocycles. The number of fused-ring (bicyclic) bond motifs is 1. The van der Waals surface area contributed by atoms with Gasteiger partial charge in [-0.15, -0.1) is 0 Å². The summed E-state index contributed by atoms with van der Waals surface area (Å²) in [6, 6.07) is 0. The zero-order valence-electron chi connectivity index (χ0n) is 10.5. The first-order chi connectivity index (χ1) is 8.70. The Morgan fingerprint density at radius 1 is 1.28 bits per heavy atom. The van der Waals surface area contributed by atoms with Crippen LogP contribution in [0.15, 0.2) is 28.0 Å². The lowest BCUT2D eigenvalue weighted by Gasteiger charge is -2.26. The number of rotatable bonds is 4. The van der Waals surface area contributed by atoms with Crippen LogP contribution < -0.4 is 0 Å². The summed E-state index contributed by atoms with van der Waals surface area (Å²) in [6.07, 6.45) is 8.86. The third-order valence-corrected chi connectivity index (χ3v) is 3.71. The zero-order valence-corrected chi connectivity index (χ0v) is 10.5. The molecule has 0 unspecified atom stereocenters. The highest BCUT2D eigenvalue weighted by atomic mass is 16.4. The first kappa shape index (κ1) is 12.9. The van der Waals surface area contributed by atoms with E-state index in [4.69, 9.17) is 10.3 Å². The lowest BCUT2D eigenvalue weighted by Crippen LogP contribution is -2.12. The van der Waals surface area contributed by atoms with Gasteiger partial charge in [-0.05, 0) is 62.2 Å². The lowest BCUT2D eigenvalue weighted by atomic mass is 9.79. The molecule has 0 aromatic heterocycles. The second-order valence-corrected chi connectivity index (χ2v) is 4.94. The Morgan fingerprint density at radius 2 is 2.11 bits per heavy atom. The van der Waals surface area contributed by atoms with Crippen LogP contribution in [0.2, 0.25) is 0 Å². The fourth-order valence-corrected chi connectivity index (χ4v) is 2.85. The van der Waals surface area contributed by atoms with Crippen molar-refractivity contribution < 1.29 is 15.1 Å². The highest BCUT2D eigenvalue weighted by molar-refractivity contribution is 5.97. The predicted molar refractivity (Wildman–Crippen MR) is 68.9 cm³/mol. The number of nitrogens with zero attached hydrogens (tertiary/aromatic N) is 1. The van der Waals surface area contributed by atoms with Gasteiger partial charge in [0.05, 0.1) is 5.71 Å². The van der Waals surface area contributed by atoms with Crippen molar-refractivity contribution in [3.8, 4) is 0 Å². The summed E-state index contributed by atoms with van der Waals surface area (Å²) in [4.78, 5) is 10.5. The smallest absolute Gasteiger partial charge is 0.303 e. The van der Waals surface area contributed by atoms with Gasteiger partial charge in [-0.25, -0.2) is 0 Å². The van der Waals surface area contributed by atoms with Crippen LogP contribution in [0, 0.1) is 0 Å². The SMILES string of the molecule is O=C(O)CCCC1=C2CC/C(=N\O)C=C2CCC1. The van der Waals surface area contributed by atoms with Crippen LogP contribution in [0.25, 0.3) is 0 Å². The van der Waals surface area contributed by atoms with Crippen LogP contribution >= 0.6 is 0 Å². The van der Waals surface area contributed by atoms with E-state index >= 15 is 0 Å². The van der Waals surface area contributed by atoms with E-state index in [1.54, 1.807) is 0 Å². The quantitative estimate of drug-likeness (QED) is 0.593. The molecule has 0 amide bonds. The van der Waals surface area contributed by atoms with Gasteiger partial charge < -0.3 is 10.3 Å². The van der Waals surface area contributed by atoms with E-state index in [9.17, 15) is 4.79 Å². The molecule has 98 valence electrons. The number of carbonyl (C=O) groups is 1. The molecule has 0 saturated heterocycles. The topological polar surface area (TPSA) is 69.9 Å². The zero-order chi connectivity index (χ0) is 13.0. The molecule has 0 heterocycles. The number of hydrogen-bond donors (Lipinski definition) is 2. The van der Waals surface area contributed by atoms with Crippen LogP contribution in [0.4, 0.5) is 0 Å². The summed E-state index contributed by atoms with van der Waals surface area (Å²) in [5, 5.41) is 20.8. The van der Waals surface area contributed by atoms with E-state index < -0.39 is 5.97 Å². The molecule has 0 atom stereocenters. The summed E-state index contributed by atoms with van der Waals surface area (Å²) >= 11 is 0. The highest BCUT2D eigenvalue weighted by Crippen LogP contribution is 2.37. The van der Waals surface area contributed by atoms with Crippen LogP contribution in [-0.2, 0) is 4.79 Å². The van der Waals surface area contributed by atoms with Crippen LogP contribution in [0.3, 0.4) is 0 Å². The maximum Gasteiger partial charge on any atom is 0.303 e. The highest BCUT2D eigenvalue weighted by Gasteiger charge is 2.21. The van der Waals surface area contributed by atoms with E-state index in [-0.39, 0.29) is 6.42 Å². The minimum Gasteiger partial charge on any atom is -0.481 e. The molecule has 0 fully saturated rings. The van der Waals surface area contributed by atoms with Gasteiger partial charge >= 0.3 is 5.97 Å². The molecule has 0 spiro atoms. The first-order valence-corrected chi connectivity index (χ1v) is 6.55. The van der Waals surface area contributed by atoms with Crippen molar-refractivity contribution in [1.82, 2.24) is 0 Å². The first-order valence-electron chi connectivity index (χ1n) is 6.55. The maximum absolute atomic E-state index is 10.5. The second-order valence-electron chi connectivity index (χ2n) is 4.94. The molecule has 2 aliphatic carbocycles. The van der Waals surface area contributed by atoms with Crippen molar-refractivity contribution in [3.05, 3.63) is 22.8 Å². The summed E-state index contributed by atoms with van der Waals surface area (Å²) in [6.45, 7) is 0. The summed E-state index contributed by atoms with van der Waals surface area (Å²) < 4.78 is 0. The van der Waals surface area contributed by atoms with Gasteiger partial charge in [0, 0.05) is 6.42 Å². The summed E-state index contributed by atoms with van der Waals surface area (Å²) in [5.74, 6) is -0.717. The third-order valence-electron chi connectivity index (χ3n) is 3.71. The average molecular weight is 249 g/mol. The Kier molecular flexibility index (Phi) is 4.18. The number of carboxylic acid groups (broad SMARTS) is 1. The molecule has 0 radical (unpaired) electrons. The molecule has 4 nitrogen and oxygen atoms in total. The molecule has 2 N–H and O–H groups in total. The predicted octanol–water partition coefficient (Wildman–Crippen LogP) is 3.27. The van der Waals surface area contributed by atoms with Gasteiger partial charge in [0.2, 0.25) is 0 Å². The van der Waals surface area contributed by atoms with Crippen LogP contribution in [0.5, 0.6) is 0 Å². The van der Waals surface area contributed by atoms with Gasteiger partial charge in [-0.1, -0.05) is 10.7 Å². The summed E-state index contributed by atoms with van der Waals surface area (Å²) in [7, 11) is 0. The minimum atomic E-state index is -0.717. The van der Waals surface area contributed by atoms with Crippen LogP contribution in [-0.4, -0.2) is 22.0 Å². The molecule has 2 aliphatic rings. The Morgan fingerprint density at radius 3 is 2.83 bits per heavy atom. The minimum absolute atomic E-state index is 0.249. The second kappa shape index (κ2) is 5.85. The van der Waals surface area contributed by atoms with Gasteiger partial charge in [0.1, 0.15) is 0 Å². The fraction of sp³-hybridized carbons (Fsp3) is 0.571. The standard InChI is InChI=1S/C14H19NO3/c16-14(17)6-2-4-10-3-1-5-11-9-12(15-18)7-8-13(10)11/h9,18H,1-8H2,(H,16,17)/b15-12+. The number of carboxylic acids is 1. The molecule has 0 bridgehead atoms. The van der Waals surface area contributed by atoms with Crippen molar-refractivity contribution in [2.45, 2.75) is 51.4 Å². The van der Waals surface area contributed by atoms with E-state index in [2.05, 4.69) is 5.16 Å². The molecular weight excluding hydrogens is 230 g/mol. The van der Waals surface area contributed by atoms with Crippen molar-refractivity contribution >= 4 is 11.7 Å². The Labute approximate surface area is 107 Å². The van der Waals surface area contributed by atoms with E-state index in [1.165, 1.54) is 16.7 Å². The van der Waals surface area contributed by atoms with Gasteiger partial charge in [-0.3, -0.25) is 4.79 Å². The Balaban J connectivity index is 2.09. The van der Waals surface area contributed by atoms with E-state index in [1.807, 2.05) is 6.08 Å². The van der Waals surface area contributed by atoms with Crippen LogP contribution in [0.1, 0.15) is 51.4 Å². The van der Waals surface area contributed by atoms with Gasteiger partial charge in [-0.2, -0.15) is 0 Å². The monoisotopic (exact) mass is 249 g/mol. The molecule has 18 heavy (non-hydrogen) atoms. The summed E-state index contributed by atoms with van der Waals surface area (Å²) in [5.41, 5.74) is 4.89. The largest absolute Gasteiger partial charge is 0.481 e. The Bertz CT molecular complexity index is 432. The van der Waals surface area contributed by atoms with Crippen molar-refractivity contribution in [2.75, 3.05) is 0 Å². The third kappa shape index (κ3) is 3.00. The van der Waals surface area contributed by atoms with Crippen molar-refractivity contribution in [3.63, 3.8) is 0 Å². The van der Waals surface area contributed by atoms with E-state index in [0.717, 1.165) is 50.7 Å². The number of allylic oxidation sites excluding steroid dienone is 4. The molecular formula is C14H19NO3. The maximum atomic E-state index is 10.5. The molecule has 4 heteroatoms. The molecule has 2 rings (SSSR count). The lowest BCUT2D eigenvalue weighted by molar-refractivity contribution is -0.137. The average Bonchev–Trinajstić information content (AvgIpc) is 2.38. The molecule has 0 aromatic carbocycles.